The standard InChI is InChI=1S/C9H19NO3S/c1-2-14(11,12)10-7-6-9-5-3-4-8-13-9/h9-10H,2-8H2,1H3. The second-order valence-corrected chi connectivity index (χ2v) is 5.67. The van der Waals surface area contributed by atoms with Crippen LogP contribution >= 0.6 is 0 Å². The molecular formula is C9H19NO3S. The van der Waals surface area contributed by atoms with Gasteiger partial charge in [-0.15, -0.1) is 0 Å². The van der Waals surface area contributed by atoms with Gasteiger partial charge in [-0.1, -0.05) is 0 Å². The lowest BCUT2D eigenvalue weighted by Gasteiger charge is -2.22. The average Bonchev–Trinajstić information content (AvgIpc) is 2.19. The Morgan fingerprint density at radius 1 is 1.43 bits per heavy atom. The summed E-state index contributed by atoms with van der Waals surface area (Å²) in [5.41, 5.74) is 0. The van der Waals surface area contributed by atoms with E-state index >= 15 is 0 Å². The normalized spacial score (nSPS) is 23.6. The summed E-state index contributed by atoms with van der Waals surface area (Å²) in [6, 6.07) is 0. The Labute approximate surface area is 86.1 Å². The highest BCUT2D eigenvalue weighted by molar-refractivity contribution is 7.89. The maximum absolute atomic E-state index is 11.1. The smallest absolute Gasteiger partial charge is 0.211 e. The molecule has 0 aromatic carbocycles. The van der Waals surface area contributed by atoms with Gasteiger partial charge < -0.3 is 4.74 Å². The number of sulfonamides is 1. The van der Waals surface area contributed by atoms with Crippen LogP contribution in [0.3, 0.4) is 0 Å². The van der Waals surface area contributed by atoms with E-state index in [1.54, 1.807) is 6.92 Å². The molecule has 5 heteroatoms. The molecule has 1 unspecified atom stereocenters. The average molecular weight is 221 g/mol. The third-order valence-corrected chi connectivity index (χ3v) is 3.85. The van der Waals surface area contributed by atoms with Crippen molar-refractivity contribution in [3.63, 3.8) is 0 Å². The largest absolute Gasteiger partial charge is 0.378 e. The Morgan fingerprint density at radius 2 is 2.21 bits per heavy atom. The zero-order valence-corrected chi connectivity index (χ0v) is 9.48. The molecule has 0 bridgehead atoms. The fourth-order valence-electron chi connectivity index (χ4n) is 1.51. The van der Waals surface area contributed by atoms with E-state index in [1.807, 2.05) is 0 Å². The quantitative estimate of drug-likeness (QED) is 0.750. The van der Waals surface area contributed by atoms with E-state index in [1.165, 1.54) is 6.42 Å². The highest BCUT2D eigenvalue weighted by Crippen LogP contribution is 2.14. The van der Waals surface area contributed by atoms with E-state index < -0.39 is 10.0 Å². The van der Waals surface area contributed by atoms with E-state index in [4.69, 9.17) is 4.74 Å². The number of nitrogens with one attached hydrogen (secondary N) is 1. The molecule has 0 aromatic rings. The van der Waals surface area contributed by atoms with Crippen LogP contribution in [0.25, 0.3) is 0 Å². The van der Waals surface area contributed by atoms with Gasteiger partial charge in [0.15, 0.2) is 0 Å². The minimum absolute atomic E-state index is 0.151. The van der Waals surface area contributed by atoms with E-state index in [0.717, 1.165) is 25.9 Å². The van der Waals surface area contributed by atoms with Crippen LogP contribution in [0.2, 0.25) is 0 Å². The second-order valence-electron chi connectivity index (χ2n) is 3.58. The van der Waals surface area contributed by atoms with Gasteiger partial charge in [0.05, 0.1) is 11.9 Å². The first kappa shape index (κ1) is 11.9. The van der Waals surface area contributed by atoms with Crippen molar-refractivity contribution in [2.24, 2.45) is 0 Å². The summed E-state index contributed by atoms with van der Waals surface area (Å²) < 4.78 is 30.2. The zero-order chi connectivity index (χ0) is 10.4. The molecule has 0 aromatic heterocycles. The van der Waals surface area contributed by atoms with Gasteiger partial charge in [-0.25, -0.2) is 13.1 Å². The third kappa shape index (κ3) is 4.39. The Morgan fingerprint density at radius 3 is 2.79 bits per heavy atom. The minimum atomic E-state index is -3.03. The number of ether oxygens (including phenoxy) is 1. The molecule has 84 valence electrons. The van der Waals surface area contributed by atoms with Gasteiger partial charge in [-0.05, 0) is 32.6 Å². The number of hydrogen-bond donors (Lipinski definition) is 1. The molecule has 1 atom stereocenters. The van der Waals surface area contributed by atoms with Crippen molar-refractivity contribution >= 4 is 10.0 Å². The molecular weight excluding hydrogens is 202 g/mol. The van der Waals surface area contributed by atoms with Gasteiger partial charge in [0.25, 0.3) is 0 Å². The van der Waals surface area contributed by atoms with Crippen LogP contribution < -0.4 is 4.72 Å². The van der Waals surface area contributed by atoms with E-state index in [-0.39, 0.29) is 11.9 Å². The van der Waals surface area contributed by atoms with Crippen molar-refractivity contribution in [2.75, 3.05) is 18.9 Å². The fourth-order valence-corrected chi connectivity index (χ4v) is 2.15. The molecule has 1 fully saturated rings. The lowest BCUT2D eigenvalue weighted by atomic mass is 10.1. The molecule has 0 radical (unpaired) electrons. The van der Waals surface area contributed by atoms with Gasteiger partial charge in [0.1, 0.15) is 0 Å². The van der Waals surface area contributed by atoms with Crippen LogP contribution in [0.4, 0.5) is 0 Å². The summed E-state index contributed by atoms with van der Waals surface area (Å²) in [7, 11) is -3.03. The van der Waals surface area contributed by atoms with Crippen LogP contribution in [0.15, 0.2) is 0 Å². The van der Waals surface area contributed by atoms with Gasteiger partial charge in [0.2, 0.25) is 10.0 Å². The Kier molecular flexibility index (Phi) is 4.84. The Bertz CT molecular complexity index is 245. The van der Waals surface area contributed by atoms with Crippen LogP contribution in [-0.2, 0) is 14.8 Å². The lowest BCUT2D eigenvalue weighted by Crippen LogP contribution is -2.30. The highest BCUT2D eigenvalue weighted by Gasteiger charge is 2.14. The first-order valence-electron chi connectivity index (χ1n) is 5.23. The summed E-state index contributed by atoms with van der Waals surface area (Å²) in [6.07, 6.45) is 4.44. The molecule has 0 amide bonds. The topological polar surface area (TPSA) is 55.4 Å². The highest BCUT2D eigenvalue weighted by atomic mass is 32.2. The predicted molar refractivity (Wildman–Crippen MR) is 55.7 cm³/mol. The predicted octanol–water partition coefficient (Wildman–Crippen LogP) is 0.885. The Balaban J connectivity index is 2.14. The van der Waals surface area contributed by atoms with E-state index in [0.29, 0.717) is 6.54 Å². The molecule has 4 nitrogen and oxygen atoms in total. The first-order chi connectivity index (χ1) is 6.64. The van der Waals surface area contributed by atoms with E-state index in [9.17, 15) is 8.42 Å². The van der Waals surface area contributed by atoms with Gasteiger partial charge in [-0.2, -0.15) is 0 Å². The monoisotopic (exact) mass is 221 g/mol. The van der Waals surface area contributed by atoms with Crippen LogP contribution in [0.1, 0.15) is 32.6 Å². The lowest BCUT2D eigenvalue weighted by molar-refractivity contribution is 0.0123. The minimum Gasteiger partial charge on any atom is -0.378 e. The molecule has 0 saturated carbocycles. The van der Waals surface area contributed by atoms with Crippen molar-refractivity contribution < 1.29 is 13.2 Å². The molecule has 1 rings (SSSR count). The maximum Gasteiger partial charge on any atom is 0.211 e. The summed E-state index contributed by atoms with van der Waals surface area (Å²) in [4.78, 5) is 0. The van der Waals surface area contributed by atoms with Crippen LogP contribution in [0.5, 0.6) is 0 Å². The summed E-state index contributed by atoms with van der Waals surface area (Å²) in [5, 5.41) is 0. The van der Waals surface area contributed by atoms with Crippen LogP contribution in [-0.4, -0.2) is 33.4 Å². The first-order valence-corrected chi connectivity index (χ1v) is 6.88. The molecule has 1 aliphatic heterocycles. The molecule has 1 heterocycles. The summed E-state index contributed by atoms with van der Waals surface area (Å²) in [6.45, 7) is 2.96. The zero-order valence-electron chi connectivity index (χ0n) is 8.66. The molecule has 1 N–H and O–H groups in total. The fraction of sp³-hybridized carbons (Fsp3) is 1.00. The van der Waals surface area contributed by atoms with Crippen LogP contribution in [0, 0.1) is 0 Å². The third-order valence-electron chi connectivity index (χ3n) is 2.44. The van der Waals surface area contributed by atoms with Crippen molar-refractivity contribution in [1.82, 2.24) is 4.72 Å². The number of rotatable bonds is 5. The molecule has 14 heavy (non-hydrogen) atoms. The molecule has 0 spiro atoms. The SMILES string of the molecule is CCS(=O)(=O)NCCC1CCCCO1. The summed E-state index contributed by atoms with van der Waals surface area (Å²) in [5.74, 6) is 0.151. The van der Waals surface area contributed by atoms with Crippen molar-refractivity contribution in [2.45, 2.75) is 38.7 Å². The number of hydrogen-bond acceptors (Lipinski definition) is 3. The Hall–Kier alpha value is -0.130. The van der Waals surface area contributed by atoms with E-state index in [2.05, 4.69) is 4.72 Å². The molecule has 0 aliphatic carbocycles. The van der Waals surface area contributed by atoms with Gasteiger partial charge in [0, 0.05) is 13.2 Å². The maximum atomic E-state index is 11.1. The van der Waals surface area contributed by atoms with Gasteiger partial charge >= 0.3 is 0 Å². The molecule has 1 aliphatic rings. The van der Waals surface area contributed by atoms with Crippen molar-refractivity contribution in [3.8, 4) is 0 Å². The second kappa shape index (κ2) is 5.68. The molecule has 1 saturated heterocycles. The van der Waals surface area contributed by atoms with Crippen molar-refractivity contribution in [3.05, 3.63) is 0 Å². The summed E-state index contributed by atoms with van der Waals surface area (Å²) >= 11 is 0. The van der Waals surface area contributed by atoms with Crippen molar-refractivity contribution in [1.29, 1.82) is 0 Å². The van der Waals surface area contributed by atoms with Gasteiger partial charge in [-0.3, -0.25) is 0 Å².